The van der Waals surface area contributed by atoms with Gasteiger partial charge in [0.2, 0.25) is 0 Å². The van der Waals surface area contributed by atoms with Crippen molar-refractivity contribution in [1.82, 2.24) is 0 Å². The fraction of sp³-hybridized carbons (Fsp3) is 1.00. The molecule has 0 aromatic rings. The summed E-state index contributed by atoms with van der Waals surface area (Å²) < 4.78 is 0. The maximum atomic E-state index is 4.85. The third-order valence-electron chi connectivity index (χ3n) is 0. The fourth-order valence-electron chi connectivity index (χ4n) is 0. The summed E-state index contributed by atoms with van der Waals surface area (Å²) in [6.45, 7) is 9.57. The summed E-state index contributed by atoms with van der Waals surface area (Å²) in [5.74, 6) is 0. The van der Waals surface area contributed by atoms with Gasteiger partial charge in [-0.1, -0.05) is 26.6 Å². The molecule has 0 heterocycles. The van der Waals surface area contributed by atoms with E-state index in [2.05, 4.69) is 19.6 Å². The first-order chi connectivity index (χ1) is 3.15. The molecule has 0 aliphatic rings. The Bertz CT molecular complexity index is 19.3. The average Bonchev–Trinajstić information content (AvgIpc) is 1.33. The molecule has 46 valence electrons. The van der Waals surface area contributed by atoms with Crippen molar-refractivity contribution in [3.8, 4) is 0 Å². The Morgan fingerprint density at radius 2 is 1.29 bits per heavy atom. The minimum atomic E-state index is -0.139. The van der Waals surface area contributed by atoms with Crippen molar-refractivity contribution in [2.45, 2.75) is 26.6 Å². The molecule has 2 heteroatoms. The topological polar surface area (TPSA) is 26.0 Å². The number of hydrogen-bond donors (Lipinski definition) is 1. The van der Waals surface area contributed by atoms with E-state index in [9.17, 15) is 0 Å². The Hall–Kier alpha value is 0.177. The number of rotatable bonds is 0. The van der Waals surface area contributed by atoms with Crippen LogP contribution in [-0.2, 0) is 0 Å². The summed E-state index contributed by atoms with van der Waals surface area (Å²) in [5, 5.41) is 0. The van der Waals surface area contributed by atoms with E-state index in [-0.39, 0.29) is 8.80 Å². The molecule has 0 aliphatic heterocycles. The van der Waals surface area contributed by atoms with Crippen molar-refractivity contribution < 1.29 is 0 Å². The van der Waals surface area contributed by atoms with Gasteiger partial charge in [0.05, 0.1) is 0 Å². The quantitative estimate of drug-likeness (QED) is 0.474. The lowest BCUT2D eigenvalue weighted by Gasteiger charge is -1.75. The summed E-state index contributed by atoms with van der Waals surface area (Å²) in [5.41, 5.74) is 4.85. The van der Waals surface area contributed by atoms with E-state index in [1.54, 1.807) is 0 Å². The second-order valence-electron chi connectivity index (χ2n) is 2.14. The van der Waals surface area contributed by atoms with Crippen LogP contribution in [0.1, 0.15) is 6.92 Å². The van der Waals surface area contributed by atoms with Crippen LogP contribution in [-0.4, -0.2) is 15.3 Å². The van der Waals surface area contributed by atoms with Crippen molar-refractivity contribution in [1.29, 1.82) is 0 Å². The number of nitrogens with two attached hydrogens (primary N) is 1. The smallest absolute Gasteiger partial charge is 0.0274 e. The van der Waals surface area contributed by atoms with E-state index in [0.717, 1.165) is 6.54 Å². The highest BCUT2D eigenvalue weighted by Crippen LogP contribution is 1.68. The molecule has 0 aromatic carbocycles. The Labute approximate surface area is 48.5 Å². The third-order valence-corrected chi connectivity index (χ3v) is 0. The minimum absolute atomic E-state index is 0.139. The van der Waals surface area contributed by atoms with Gasteiger partial charge in [-0.3, -0.25) is 0 Å². The van der Waals surface area contributed by atoms with Gasteiger partial charge in [-0.15, -0.1) is 0 Å². The van der Waals surface area contributed by atoms with Crippen LogP contribution in [0.3, 0.4) is 0 Å². The lowest BCUT2D eigenvalue weighted by atomic mass is 10.8. The molecule has 0 rings (SSSR count). The largest absolute Gasteiger partial charge is 0.331 e. The van der Waals surface area contributed by atoms with Crippen LogP contribution in [0.25, 0.3) is 0 Å². The summed E-state index contributed by atoms with van der Waals surface area (Å²) >= 11 is 0. The highest BCUT2D eigenvalue weighted by molar-refractivity contribution is 6.54. The van der Waals surface area contributed by atoms with Crippen LogP contribution < -0.4 is 5.73 Å². The summed E-state index contributed by atoms with van der Waals surface area (Å²) in [4.78, 5) is 0. The Balaban J connectivity index is 0. The van der Waals surface area contributed by atoms with E-state index in [0.29, 0.717) is 0 Å². The zero-order valence-corrected chi connectivity index (χ0v) is 7.02. The lowest BCUT2D eigenvalue weighted by Crippen LogP contribution is -1.87. The van der Waals surface area contributed by atoms with Crippen molar-refractivity contribution in [3.05, 3.63) is 0 Å². The first kappa shape index (κ1) is 10.2. The van der Waals surface area contributed by atoms with Gasteiger partial charge in [0.15, 0.2) is 0 Å². The average molecular weight is 119 g/mol. The Morgan fingerprint density at radius 1 is 1.29 bits per heavy atom. The van der Waals surface area contributed by atoms with Crippen molar-refractivity contribution in [3.63, 3.8) is 0 Å². The molecule has 0 bridgehead atoms. The number of hydrogen-bond acceptors (Lipinski definition) is 1. The van der Waals surface area contributed by atoms with Gasteiger partial charge < -0.3 is 5.73 Å². The fourth-order valence-corrected chi connectivity index (χ4v) is 0. The minimum Gasteiger partial charge on any atom is -0.331 e. The SMILES string of the molecule is CCN.C[SiH](C)C. The molecular formula is C5H17NSi. The first-order valence-electron chi connectivity index (χ1n) is 2.85. The molecule has 1 nitrogen and oxygen atoms in total. The molecule has 0 aliphatic carbocycles. The highest BCUT2D eigenvalue weighted by atomic mass is 28.3. The van der Waals surface area contributed by atoms with Crippen molar-refractivity contribution in [2.24, 2.45) is 5.73 Å². The van der Waals surface area contributed by atoms with Gasteiger partial charge in [0.1, 0.15) is 0 Å². The molecule has 0 fully saturated rings. The van der Waals surface area contributed by atoms with Crippen LogP contribution >= 0.6 is 0 Å². The second kappa shape index (κ2) is 9.49. The molecule has 0 aromatic heterocycles. The molecule has 0 saturated heterocycles. The van der Waals surface area contributed by atoms with E-state index in [4.69, 9.17) is 5.73 Å². The third kappa shape index (κ3) is 3440. The molecule has 0 radical (unpaired) electrons. The molecule has 0 saturated carbocycles. The molecule has 2 N–H and O–H groups in total. The standard InChI is InChI=1S/C3H10Si.C2H7N/c1-4(2)3;1-2-3/h4H,1-3H3;2-3H2,1H3. The van der Waals surface area contributed by atoms with Gasteiger partial charge in [-0.25, -0.2) is 0 Å². The zero-order valence-electron chi connectivity index (χ0n) is 5.86. The van der Waals surface area contributed by atoms with Crippen LogP contribution in [0, 0.1) is 0 Å². The van der Waals surface area contributed by atoms with Gasteiger partial charge >= 0.3 is 0 Å². The van der Waals surface area contributed by atoms with Gasteiger partial charge in [-0.05, 0) is 6.54 Å². The predicted molar refractivity (Wildman–Crippen MR) is 39.5 cm³/mol. The van der Waals surface area contributed by atoms with Crippen LogP contribution in [0.15, 0.2) is 0 Å². The summed E-state index contributed by atoms with van der Waals surface area (Å²) in [6.07, 6.45) is 0. The monoisotopic (exact) mass is 119 g/mol. The van der Waals surface area contributed by atoms with Gasteiger partial charge in [0.25, 0.3) is 0 Å². The Kier molecular flexibility index (Phi) is 13.8. The Morgan fingerprint density at radius 3 is 1.29 bits per heavy atom. The second-order valence-corrected chi connectivity index (χ2v) is 5.60. The van der Waals surface area contributed by atoms with Crippen LogP contribution in [0.4, 0.5) is 0 Å². The predicted octanol–water partition coefficient (Wildman–Crippen LogP) is 1.07. The first-order valence-corrected chi connectivity index (χ1v) is 6.31. The van der Waals surface area contributed by atoms with Crippen LogP contribution in [0.5, 0.6) is 0 Å². The van der Waals surface area contributed by atoms with Gasteiger partial charge in [-0.2, -0.15) is 0 Å². The molecule has 0 spiro atoms. The van der Waals surface area contributed by atoms with E-state index >= 15 is 0 Å². The highest BCUT2D eigenvalue weighted by Gasteiger charge is 1.71. The van der Waals surface area contributed by atoms with Crippen molar-refractivity contribution in [2.75, 3.05) is 6.54 Å². The van der Waals surface area contributed by atoms with E-state index in [1.165, 1.54) is 0 Å². The van der Waals surface area contributed by atoms with E-state index in [1.807, 2.05) is 6.92 Å². The maximum absolute atomic E-state index is 4.85. The summed E-state index contributed by atoms with van der Waals surface area (Å²) in [6, 6.07) is 0. The molecule has 7 heavy (non-hydrogen) atoms. The normalized spacial score (nSPS) is 7.71. The van der Waals surface area contributed by atoms with Gasteiger partial charge in [0, 0.05) is 8.80 Å². The summed E-state index contributed by atoms with van der Waals surface area (Å²) in [7, 11) is -0.139. The lowest BCUT2D eigenvalue weighted by molar-refractivity contribution is 1.14. The molecule has 0 amide bonds. The molecule has 0 unspecified atom stereocenters. The maximum Gasteiger partial charge on any atom is 0.0274 e. The molecular weight excluding hydrogens is 102 g/mol. The molecule has 0 atom stereocenters. The van der Waals surface area contributed by atoms with Crippen LogP contribution in [0.2, 0.25) is 19.6 Å². The zero-order chi connectivity index (χ0) is 6.28. The van der Waals surface area contributed by atoms with E-state index < -0.39 is 0 Å². The van der Waals surface area contributed by atoms with Crippen molar-refractivity contribution >= 4 is 8.80 Å².